The van der Waals surface area contributed by atoms with E-state index in [1.807, 2.05) is 0 Å². The van der Waals surface area contributed by atoms with Gasteiger partial charge in [0.1, 0.15) is 24.0 Å². The number of carbonyl (C=O) groups is 1. The lowest BCUT2D eigenvalue weighted by atomic mass is 10.2. The minimum Gasteiger partial charge on any atom is -0.484 e. The highest BCUT2D eigenvalue weighted by Crippen LogP contribution is 2.25. The average molecular weight is 313 g/mol. The highest BCUT2D eigenvalue weighted by Gasteiger charge is 2.08. The molecule has 1 aromatic carbocycles. The van der Waals surface area contributed by atoms with Crippen LogP contribution in [0.5, 0.6) is 5.75 Å². The Morgan fingerprint density at radius 3 is 2.86 bits per heavy atom. The monoisotopic (exact) mass is 312 g/mol. The van der Waals surface area contributed by atoms with Crippen LogP contribution in [0.2, 0.25) is 5.02 Å². The Morgan fingerprint density at radius 2 is 2.24 bits per heavy atom. The number of aromatic nitrogens is 2. The summed E-state index contributed by atoms with van der Waals surface area (Å²) >= 11 is 5.79. The fourth-order valence-electron chi connectivity index (χ4n) is 1.56. The van der Waals surface area contributed by atoms with Gasteiger partial charge < -0.3 is 14.8 Å². The number of hydrogen-bond donors (Lipinski definition) is 2. The molecule has 0 fully saturated rings. The number of nitrogens with one attached hydrogen (secondary N) is 1. The number of carboxylic acids is 1. The molecular formula is C13H10ClFN2O4. The summed E-state index contributed by atoms with van der Waals surface area (Å²) in [4.78, 5) is 28.4. The van der Waals surface area contributed by atoms with Crippen LogP contribution in [0.25, 0.3) is 0 Å². The predicted octanol–water partition coefficient (Wildman–Crippen LogP) is 1.77. The molecule has 0 aliphatic carbocycles. The molecule has 6 nitrogen and oxygen atoms in total. The molecular weight excluding hydrogens is 303 g/mol. The Kier molecular flexibility index (Phi) is 4.54. The van der Waals surface area contributed by atoms with Crippen LogP contribution in [0.15, 0.2) is 29.2 Å². The molecule has 0 atom stereocenters. The van der Waals surface area contributed by atoms with Crippen molar-refractivity contribution in [3.05, 3.63) is 57.0 Å². The van der Waals surface area contributed by atoms with Gasteiger partial charge in [-0.2, -0.15) is 0 Å². The second kappa shape index (κ2) is 6.36. The van der Waals surface area contributed by atoms with Crippen molar-refractivity contribution in [2.75, 3.05) is 0 Å². The number of aliphatic carboxylic acids is 1. The van der Waals surface area contributed by atoms with Gasteiger partial charge in [-0.05, 0) is 18.2 Å². The van der Waals surface area contributed by atoms with Crippen molar-refractivity contribution in [3.63, 3.8) is 0 Å². The number of ether oxygens (including phenoxy) is 1. The lowest BCUT2D eigenvalue weighted by Gasteiger charge is -2.07. The van der Waals surface area contributed by atoms with Crippen LogP contribution in [-0.4, -0.2) is 21.0 Å². The van der Waals surface area contributed by atoms with Gasteiger partial charge in [0.2, 0.25) is 0 Å². The smallest absolute Gasteiger partial charge is 0.308 e. The van der Waals surface area contributed by atoms with Crippen LogP contribution in [-0.2, 0) is 17.8 Å². The zero-order valence-electron chi connectivity index (χ0n) is 10.6. The van der Waals surface area contributed by atoms with E-state index in [1.165, 1.54) is 18.3 Å². The Labute approximate surface area is 123 Å². The van der Waals surface area contributed by atoms with E-state index in [9.17, 15) is 14.0 Å². The summed E-state index contributed by atoms with van der Waals surface area (Å²) in [5.74, 6) is -1.16. The summed E-state index contributed by atoms with van der Waals surface area (Å²) in [7, 11) is 0. The zero-order valence-corrected chi connectivity index (χ0v) is 11.4. The Hall–Kier alpha value is -2.41. The maximum atomic E-state index is 12.9. The van der Waals surface area contributed by atoms with E-state index in [-0.39, 0.29) is 28.8 Å². The first kappa shape index (κ1) is 15.0. The van der Waals surface area contributed by atoms with Crippen molar-refractivity contribution in [2.45, 2.75) is 13.0 Å². The minimum absolute atomic E-state index is 0.0473. The van der Waals surface area contributed by atoms with Gasteiger partial charge in [0.25, 0.3) is 5.56 Å². The van der Waals surface area contributed by atoms with Crippen molar-refractivity contribution >= 4 is 17.6 Å². The van der Waals surface area contributed by atoms with Gasteiger partial charge in [0, 0.05) is 11.8 Å². The summed E-state index contributed by atoms with van der Waals surface area (Å²) in [5, 5.41) is 8.71. The highest BCUT2D eigenvalue weighted by molar-refractivity contribution is 6.32. The molecule has 0 saturated carbocycles. The molecule has 0 saturated heterocycles. The SMILES string of the molecule is O=C(O)Cc1cnc(COc2ccc(F)cc2Cl)[nH]c1=O. The molecule has 2 N–H and O–H groups in total. The van der Waals surface area contributed by atoms with Crippen molar-refractivity contribution in [1.82, 2.24) is 9.97 Å². The first-order valence-electron chi connectivity index (χ1n) is 5.82. The summed E-state index contributed by atoms with van der Waals surface area (Å²) in [5.41, 5.74) is -0.498. The average Bonchev–Trinajstić information content (AvgIpc) is 2.40. The van der Waals surface area contributed by atoms with Gasteiger partial charge >= 0.3 is 5.97 Å². The van der Waals surface area contributed by atoms with Crippen LogP contribution in [0.3, 0.4) is 0 Å². The van der Waals surface area contributed by atoms with E-state index < -0.39 is 23.8 Å². The molecule has 0 aliphatic heterocycles. The summed E-state index contributed by atoms with van der Waals surface area (Å²) in [6.07, 6.45) is 0.769. The van der Waals surface area contributed by atoms with E-state index in [0.717, 1.165) is 6.07 Å². The van der Waals surface area contributed by atoms with Crippen molar-refractivity contribution in [3.8, 4) is 5.75 Å². The Bertz CT molecular complexity index is 732. The molecule has 0 bridgehead atoms. The third kappa shape index (κ3) is 4.03. The molecule has 21 heavy (non-hydrogen) atoms. The van der Waals surface area contributed by atoms with Crippen molar-refractivity contribution in [2.24, 2.45) is 0 Å². The molecule has 0 spiro atoms. The maximum absolute atomic E-state index is 12.9. The molecule has 0 aliphatic rings. The third-order valence-electron chi connectivity index (χ3n) is 2.53. The zero-order chi connectivity index (χ0) is 15.4. The van der Waals surface area contributed by atoms with Gasteiger partial charge in [-0.15, -0.1) is 0 Å². The van der Waals surface area contributed by atoms with Gasteiger partial charge in [-0.1, -0.05) is 11.6 Å². The Balaban J connectivity index is 2.08. The maximum Gasteiger partial charge on any atom is 0.308 e. The lowest BCUT2D eigenvalue weighted by molar-refractivity contribution is -0.136. The van der Waals surface area contributed by atoms with E-state index >= 15 is 0 Å². The Morgan fingerprint density at radius 1 is 1.48 bits per heavy atom. The molecule has 8 heteroatoms. The molecule has 1 heterocycles. The van der Waals surface area contributed by atoms with Gasteiger partial charge in [0.05, 0.1) is 11.4 Å². The quantitative estimate of drug-likeness (QED) is 0.877. The van der Waals surface area contributed by atoms with E-state index in [2.05, 4.69) is 9.97 Å². The van der Waals surface area contributed by atoms with Gasteiger partial charge in [0.15, 0.2) is 0 Å². The number of rotatable bonds is 5. The molecule has 0 unspecified atom stereocenters. The standard InChI is InChI=1S/C13H10ClFN2O4/c14-9-4-8(15)1-2-10(9)21-6-11-16-5-7(3-12(18)19)13(20)17-11/h1-2,4-5H,3,6H2,(H,18,19)(H,16,17,20). The highest BCUT2D eigenvalue weighted by atomic mass is 35.5. The van der Waals surface area contributed by atoms with Crippen molar-refractivity contribution < 1.29 is 19.0 Å². The van der Waals surface area contributed by atoms with Gasteiger partial charge in [-0.25, -0.2) is 9.37 Å². The number of halogens is 2. The fourth-order valence-corrected chi connectivity index (χ4v) is 1.78. The van der Waals surface area contributed by atoms with E-state index in [0.29, 0.717) is 0 Å². The third-order valence-corrected chi connectivity index (χ3v) is 2.82. The van der Waals surface area contributed by atoms with Gasteiger partial charge in [-0.3, -0.25) is 9.59 Å². The number of nitrogens with zero attached hydrogens (tertiary/aromatic N) is 1. The lowest BCUT2D eigenvalue weighted by Crippen LogP contribution is -2.19. The molecule has 110 valence electrons. The summed E-state index contributed by atoms with van der Waals surface area (Å²) in [6, 6.07) is 3.64. The molecule has 2 aromatic rings. The second-order valence-corrected chi connectivity index (χ2v) is 4.53. The van der Waals surface area contributed by atoms with Crippen LogP contribution in [0.1, 0.15) is 11.4 Å². The van der Waals surface area contributed by atoms with Crippen LogP contribution in [0.4, 0.5) is 4.39 Å². The normalized spacial score (nSPS) is 10.4. The minimum atomic E-state index is -1.12. The van der Waals surface area contributed by atoms with Crippen LogP contribution < -0.4 is 10.3 Å². The molecule has 0 radical (unpaired) electrons. The second-order valence-electron chi connectivity index (χ2n) is 4.12. The summed E-state index contributed by atoms with van der Waals surface area (Å²) < 4.78 is 18.2. The predicted molar refractivity (Wildman–Crippen MR) is 71.9 cm³/mol. The van der Waals surface area contributed by atoms with E-state index in [1.54, 1.807) is 0 Å². The number of carboxylic acid groups (broad SMARTS) is 1. The van der Waals surface area contributed by atoms with Crippen LogP contribution >= 0.6 is 11.6 Å². The number of H-pyrrole nitrogens is 1. The topological polar surface area (TPSA) is 92.3 Å². The number of hydrogen-bond acceptors (Lipinski definition) is 4. The molecule has 0 amide bonds. The van der Waals surface area contributed by atoms with Crippen molar-refractivity contribution in [1.29, 1.82) is 0 Å². The molecule has 2 rings (SSSR count). The number of aromatic amines is 1. The fraction of sp³-hybridized carbons (Fsp3) is 0.154. The summed E-state index contributed by atoms with van der Waals surface area (Å²) in [6.45, 7) is -0.0893. The first-order chi connectivity index (χ1) is 9.95. The largest absolute Gasteiger partial charge is 0.484 e. The first-order valence-corrected chi connectivity index (χ1v) is 6.20. The number of benzene rings is 1. The van der Waals surface area contributed by atoms with Crippen LogP contribution in [0, 0.1) is 5.82 Å². The molecule has 1 aromatic heterocycles. The van der Waals surface area contributed by atoms with E-state index in [4.69, 9.17) is 21.4 Å².